The monoisotopic (exact) mass is 566 g/mol. The quantitative estimate of drug-likeness (QED) is 0.188. The van der Waals surface area contributed by atoms with Gasteiger partial charge in [-0.25, -0.2) is 9.69 Å². The first-order valence-electron chi connectivity index (χ1n) is 12.9. The number of hydrogen-bond donors (Lipinski definition) is 1. The Morgan fingerprint density at radius 2 is 1.51 bits per heavy atom. The molecule has 1 fully saturated rings. The first kappa shape index (κ1) is 27.7. The van der Waals surface area contributed by atoms with Crippen molar-refractivity contribution in [3.63, 3.8) is 0 Å². The maximum atomic E-state index is 13.5. The molecule has 0 bridgehead atoms. The van der Waals surface area contributed by atoms with Gasteiger partial charge < -0.3 is 9.47 Å². The van der Waals surface area contributed by atoms with Crippen LogP contribution >= 0.6 is 11.6 Å². The Balaban J connectivity index is 1.35. The lowest BCUT2D eigenvalue weighted by Gasteiger charge is -2.26. The second kappa shape index (κ2) is 12.1. The smallest absolute Gasteiger partial charge is 0.335 e. The van der Waals surface area contributed by atoms with Crippen LogP contribution in [0, 0.1) is 13.8 Å². The Hall–Kier alpha value is -4.88. The maximum absolute atomic E-state index is 13.5. The van der Waals surface area contributed by atoms with Gasteiger partial charge in [0.15, 0.2) is 0 Å². The standard InChI is InChI=1S/C33H27ClN2O5/c1-21-6-8-23(9-7-21)19-40-28-13-11-27(12-14-28)36-32(38)29(31(37)35-33(36)39)18-25-17-26(34)10-15-30(25)41-20-24-5-3-4-22(2)16-24/h3-18H,19-20H2,1-2H3,(H,35,37,39)/b29-18+. The van der Waals surface area contributed by atoms with Gasteiger partial charge in [-0.15, -0.1) is 0 Å². The van der Waals surface area contributed by atoms with Crippen LogP contribution < -0.4 is 19.7 Å². The van der Waals surface area contributed by atoms with Crippen molar-refractivity contribution in [2.24, 2.45) is 0 Å². The molecule has 1 heterocycles. The lowest BCUT2D eigenvalue weighted by atomic mass is 10.1. The third-order valence-electron chi connectivity index (χ3n) is 6.47. The number of nitrogens with zero attached hydrogens (tertiary/aromatic N) is 1. The normalized spacial score (nSPS) is 14.3. The number of rotatable bonds is 8. The number of nitrogens with one attached hydrogen (secondary N) is 1. The summed E-state index contributed by atoms with van der Waals surface area (Å²) < 4.78 is 11.8. The average molecular weight is 567 g/mol. The molecule has 0 saturated carbocycles. The van der Waals surface area contributed by atoms with E-state index in [1.807, 2.05) is 62.4 Å². The van der Waals surface area contributed by atoms with Crippen LogP contribution in [0.15, 0.2) is 96.6 Å². The molecule has 8 heteroatoms. The van der Waals surface area contributed by atoms with E-state index in [4.69, 9.17) is 21.1 Å². The molecule has 4 aromatic carbocycles. The third-order valence-corrected chi connectivity index (χ3v) is 6.71. The van der Waals surface area contributed by atoms with Crippen LogP contribution in [0.3, 0.4) is 0 Å². The van der Waals surface area contributed by atoms with E-state index in [1.54, 1.807) is 42.5 Å². The molecule has 0 unspecified atom stereocenters. The van der Waals surface area contributed by atoms with Gasteiger partial charge in [-0.05, 0) is 73.5 Å². The first-order valence-corrected chi connectivity index (χ1v) is 13.3. The van der Waals surface area contributed by atoms with Gasteiger partial charge in [0.25, 0.3) is 11.8 Å². The van der Waals surface area contributed by atoms with Crippen molar-refractivity contribution in [2.45, 2.75) is 27.1 Å². The molecule has 0 aliphatic carbocycles. The van der Waals surface area contributed by atoms with Crippen molar-refractivity contribution in [1.82, 2.24) is 5.32 Å². The molecule has 1 N–H and O–H groups in total. The summed E-state index contributed by atoms with van der Waals surface area (Å²) in [5.41, 5.74) is 4.73. The minimum atomic E-state index is -0.840. The predicted octanol–water partition coefficient (Wildman–Crippen LogP) is 6.78. The number of halogens is 1. The van der Waals surface area contributed by atoms with Crippen molar-refractivity contribution in [2.75, 3.05) is 4.90 Å². The van der Waals surface area contributed by atoms with E-state index in [9.17, 15) is 14.4 Å². The van der Waals surface area contributed by atoms with Gasteiger partial charge in [-0.1, -0.05) is 71.3 Å². The summed E-state index contributed by atoms with van der Waals surface area (Å²) in [5, 5.41) is 2.65. The Bertz CT molecular complexity index is 1650. The van der Waals surface area contributed by atoms with E-state index in [0.717, 1.165) is 27.2 Å². The summed E-state index contributed by atoms with van der Waals surface area (Å²) in [7, 11) is 0. The highest BCUT2D eigenvalue weighted by molar-refractivity contribution is 6.39. The molecule has 1 saturated heterocycles. The van der Waals surface area contributed by atoms with E-state index in [2.05, 4.69) is 5.32 Å². The number of hydrogen-bond acceptors (Lipinski definition) is 5. The molecular weight excluding hydrogens is 540 g/mol. The van der Waals surface area contributed by atoms with Crippen LogP contribution in [0.4, 0.5) is 10.5 Å². The third kappa shape index (κ3) is 6.65. The van der Waals surface area contributed by atoms with Crippen molar-refractivity contribution >= 4 is 41.2 Å². The van der Waals surface area contributed by atoms with Crippen LogP contribution in [0.25, 0.3) is 6.08 Å². The number of anilines is 1. The molecule has 0 atom stereocenters. The highest BCUT2D eigenvalue weighted by Crippen LogP contribution is 2.29. The van der Waals surface area contributed by atoms with E-state index in [-0.39, 0.29) is 17.9 Å². The molecule has 0 aromatic heterocycles. The van der Waals surface area contributed by atoms with Crippen LogP contribution in [-0.2, 0) is 22.8 Å². The van der Waals surface area contributed by atoms with Gasteiger partial charge in [0.1, 0.15) is 30.3 Å². The van der Waals surface area contributed by atoms with Gasteiger partial charge in [0, 0.05) is 10.6 Å². The topological polar surface area (TPSA) is 84.9 Å². The summed E-state index contributed by atoms with van der Waals surface area (Å²) in [6.45, 7) is 4.67. The lowest BCUT2D eigenvalue weighted by molar-refractivity contribution is -0.122. The number of amides is 4. The molecule has 0 radical (unpaired) electrons. The van der Waals surface area contributed by atoms with E-state index < -0.39 is 17.8 Å². The number of aryl methyl sites for hydroxylation is 2. The molecular formula is C33H27ClN2O5. The Morgan fingerprint density at radius 1 is 0.780 bits per heavy atom. The largest absolute Gasteiger partial charge is 0.489 e. The lowest BCUT2D eigenvalue weighted by Crippen LogP contribution is -2.54. The Kier molecular flexibility index (Phi) is 8.17. The van der Waals surface area contributed by atoms with Crippen LogP contribution in [-0.4, -0.2) is 17.8 Å². The number of barbiturate groups is 1. The van der Waals surface area contributed by atoms with Crippen molar-refractivity contribution < 1.29 is 23.9 Å². The number of benzene rings is 4. The molecule has 7 nitrogen and oxygen atoms in total. The van der Waals surface area contributed by atoms with Crippen LogP contribution in [0.2, 0.25) is 5.02 Å². The van der Waals surface area contributed by atoms with Crippen molar-refractivity contribution in [3.05, 3.63) is 129 Å². The molecule has 4 aromatic rings. The minimum Gasteiger partial charge on any atom is -0.489 e. The zero-order chi connectivity index (χ0) is 28.9. The molecule has 0 spiro atoms. The Morgan fingerprint density at radius 3 is 2.24 bits per heavy atom. The van der Waals surface area contributed by atoms with E-state index in [1.165, 1.54) is 6.08 Å². The summed E-state index contributed by atoms with van der Waals surface area (Å²) in [6.07, 6.45) is 1.38. The minimum absolute atomic E-state index is 0.230. The molecule has 1 aliphatic heterocycles. The van der Waals surface area contributed by atoms with Crippen LogP contribution in [0.1, 0.15) is 27.8 Å². The fourth-order valence-corrected chi connectivity index (χ4v) is 4.50. The molecule has 41 heavy (non-hydrogen) atoms. The van der Waals surface area contributed by atoms with Gasteiger partial charge in [-0.3, -0.25) is 14.9 Å². The zero-order valence-electron chi connectivity index (χ0n) is 22.5. The SMILES string of the molecule is Cc1ccc(COc2ccc(N3C(=O)NC(=O)/C(=C\c4cc(Cl)ccc4OCc4cccc(C)c4)C3=O)cc2)cc1. The zero-order valence-corrected chi connectivity index (χ0v) is 23.3. The second-order valence-electron chi connectivity index (χ2n) is 9.69. The summed E-state index contributed by atoms with van der Waals surface area (Å²) >= 11 is 6.23. The number of imide groups is 2. The summed E-state index contributed by atoms with van der Waals surface area (Å²) in [4.78, 5) is 39.8. The average Bonchev–Trinajstić information content (AvgIpc) is 2.95. The van der Waals surface area contributed by atoms with Gasteiger partial charge in [0.2, 0.25) is 0 Å². The first-order chi connectivity index (χ1) is 19.8. The van der Waals surface area contributed by atoms with Crippen LogP contribution in [0.5, 0.6) is 11.5 Å². The molecule has 4 amide bonds. The number of carbonyl (C=O) groups is 3. The van der Waals surface area contributed by atoms with Gasteiger partial charge in [-0.2, -0.15) is 0 Å². The number of urea groups is 1. The van der Waals surface area contributed by atoms with Crippen molar-refractivity contribution in [1.29, 1.82) is 0 Å². The number of ether oxygens (including phenoxy) is 2. The maximum Gasteiger partial charge on any atom is 0.335 e. The van der Waals surface area contributed by atoms with Crippen molar-refractivity contribution in [3.8, 4) is 11.5 Å². The summed E-state index contributed by atoms with van der Waals surface area (Å²) in [6, 6.07) is 26.5. The van der Waals surface area contributed by atoms with Gasteiger partial charge >= 0.3 is 6.03 Å². The second-order valence-corrected chi connectivity index (χ2v) is 10.1. The van der Waals surface area contributed by atoms with E-state index in [0.29, 0.717) is 28.7 Å². The van der Waals surface area contributed by atoms with E-state index >= 15 is 0 Å². The molecule has 5 rings (SSSR count). The fourth-order valence-electron chi connectivity index (χ4n) is 4.32. The molecule has 206 valence electrons. The highest BCUT2D eigenvalue weighted by atomic mass is 35.5. The highest BCUT2D eigenvalue weighted by Gasteiger charge is 2.37. The molecule has 1 aliphatic rings. The summed E-state index contributed by atoms with van der Waals surface area (Å²) in [5.74, 6) is -0.571. The Labute approximate surface area is 243 Å². The number of carbonyl (C=O) groups excluding carboxylic acids is 3. The predicted molar refractivity (Wildman–Crippen MR) is 158 cm³/mol. The fraction of sp³-hybridized carbons (Fsp3) is 0.121. The van der Waals surface area contributed by atoms with Gasteiger partial charge in [0.05, 0.1) is 5.69 Å².